The van der Waals surface area contributed by atoms with Crippen LogP contribution < -0.4 is 0 Å². The number of ketones is 2. The Morgan fingerprint density at radius 1 is 1.14 bits per heavy atom. The van der Waals surface area contributed by atoms with Crippen LogP contribution in [0.4, 0.5) is 0 Å². The van der Waals surface area contributed by atoms with E-state index in [1.54, 1.807) is 0 Å². The van der Waals surface area contributed by atoms with Crippen molar-refractivity contribution in [3.63, 3.8) is 0 Å². The summed E-state index contributed by atoms with van der Waals surface area (Å²) in [5.74, 6) is -1.79. The van der Waals surface area contributed by atoms with Crippen LogP contribution in [0.1, 0.15) is 41.0 Å². The summed E-state index contributed by atoms with van der Waals surface area (Å²) in [5, 5.41) is 11.3. The highest BCUT2D eigenvalue weighted by molar-refractivity contribution is 6.24. The minimum absolute atomic E-state index is 0.000327. The van der Waals surface area contributed by atoms with E-state index in [-0.39, 0.29) is 29.1 Å². The Balaban J connectivity index is 3.30. The van der Waals surface area contributed by atoms with Crippen molar-refractivity contribution < 1.29 is 24.0 Å². The fourth-order valence-electron chi connectivity index (χ4n) is 2.21. The molecule has 0 aliphatic heterocycles. The maximum atomic E-state index is 12.3. The second-order valence-corrected chi connectivity index (χ2v) is 5.44. The van der Waals surface area contributed by atoms with Gasteiger partial charge in [0, 0.05) is 34.1 Å². The molecular weight excluding hydrogens is 290 g/mol. The first-order chi connectivity index (χ1) is 10.1. The second-order valence-electron chi connectivity index (χ2n) is 5.44. The highest BCUT2D eigenvalue weighted by Crippen LogP contribution is 2.31. The molecule has 22 heavy (non-hydrogen) atoms. The van der Waals surface area contributed by atoms with Crippen molar-refractivity contribution >= 4 is 17.5 Å². The predicted octanol–water partition coefficient (Wildman–Crippen LogP) is 1.78. The van der Waals surface area contributed by atoms with Crippen LogP contribution in [0.15, 0.2) is 22.3 Å². The molecule has 0 fully saturated rings. The molecule has 1 rings (SSSR count). The molecule has 0 spiro atoms. The number of nitro groups is 1. The third-order valence-corrected chi connectivity index (χ3v) is 3.95. The van der Waals surface area contributed by atoms with E-state index >= 15 is 0 Å². The molecule has 0 bridgehead atoms. The molecule has 7 heteroatoms. The molecule has 7 nitrogen and oxygen atoms in total. The summed E-state index contributed by atoms with van der Waals surface area (Å²) in [7, 11) is 0. The van der Waals surface area contributed by atoms with Crippen LogP contribution in [0.3, 0.4) is 0 Å². The van der Waals surface area contributed by atoms with Gasteiger partial charge in [-0.15, -0.1) is 0 Å². The van der Waals surface area contributed by atoms with Gasteiger partial charge in [0.05, 0.1) is 13.0 Å². The lowest BCUT2D eigenvalue weighted by molar-refractivity contribution is -0.550. The zero-order chi connectivity index (χ0) is 17.2. The standard InChI is InChI=1S/C15H19NO6/c1-6-22-14(19)15(5,16(20)21)7-11-10(4)12(17)8(2)9(3)13(11)18/h6-7H2,1-5H3. The van der Waals surface area contributed by atoms with Crippen LogP contribution >= 0.6 is 0 Å². The smallest absolute Gasteiger partial charge is 0.384 e. The number of esters is 1. The molecule has 0 radical (unpaired) electrons. The monoisotopic (exact) mass is 309 g/mol. The van der Waals surface area contributed by atoms with Gasteiger partial charge in [-0.2, -0.15) is 0 Å². The van der Waals surface area contributed by atoms with Crippen LogP contribution in [0.2, 0.25) is 0 Å². The lowest BCUT2D eigenvalue weighted by Crippen LogP contribution is -2.46. The van der Waals surface area contributed by atoms with Gasteiger partial charge in [0.15, 0.2) is 11.6 Å². The zero-order valence-corrected chi connectivity index (χ0v) is 13.3. The summed E-state index contributed by atoms with van der Waals surface area (Å²) < 4.78 is 4.74. The number of hydrogen-bond acceptors (Lipinski definition) is 6. The summed E-state index contributed by atoms with van der Waals surface area (Å²) in [6.07, 6.45) is -0.472. The van der Waals surface area contributed by atoms with E-state index in [2.05, 4.69) is 0 Å². The fraction of sp³-hybridized carbons (Fsp3) is 0.533. The number of hydrogen-bond donors (Lipinski definition) is 0. The summed E-state index contributed by atoms with van der Waals surface area (Å²) in [4.78, 5) is 46.9. The average Bonchev–Trinajstić information content (AvgIpc) is 2.47. The Hall–Kier alpha value is -2.31. The molecule has 0 heterocycles. The highest BCUT2D eigenvalue weighted by atomic mass is 16.6. The number of Topliss-reactive ketones (excluding diaryl/α,β-unsaturated/α-hetero) is 2. The highest BCUT2D eigenvalue weighted by Gasteiger charge is 2.50. The van der Waals surface area contributed by atoms with E-state index in [1.807, 2.05) is 0 Å². The molecule has 0 aromatic heterocycles. The largest absolute Gasteiger partial charge is 0.461 e. The maximum absolute atomic E-state index is 12.3. The van der Waals surface area contributed by atoms with Gasteiger partial charge in [-0.05, 0) is 27.7 Å². The van der Waals surface area contributed by atoms with Crippen LogP contribution in [0.25, 0.3) is 0 Å². The van der Waals surface area contributed by atoms with Gasteiger partial charge < -0.3 is 4.74 Å². The molecule has 1 aliphatic carbocycles. The molecule has 0 aromatic carbocycles. The van der Waals surface area contributed by atoms with Crippen LogP contribution in [0.5, 0.6) is 0 Å². The molecule has 0 saturated carbocycles. The molecule has 0 aromatic rings. The van der Waals surface area contributed by atoms with Gasteiger partial charge >= 0.3 is 11.5 Å². The van der Waals surface area contributed by atoms with Crippen molar-refractivity contribution in [2.24, 2.45) is 0 Å². The van der Waals surface area contributed by atoms with E-state index in [4.69, 9.17) is 4.74 Å². The van der Waals surface area contributed by atoms with E-state index in [9.17, 15) is 24.5 Å². The average molecular weight is 309 g/mol. The van der Waals surface area contributed by atoms with Gasteiger partial charge in [-0.3, -0.25) is 19.7 Å². The molecule has 1 aliphatic rings. The number of rotatable bonds is 5. The van der Waals surface area contributed by atoms with Gasteiger partial charge in [0.2, 0.25) is 0 Å². The first kappa shape index (κ1) is 17.7. The SMILES string of the molecule is CCOC(=O)C(C)(CC1=C(C)C(=O)C(C)=C(C)C1=O)[N+](=O)[O-]. The molecular formula is C15H19NO6. The predicted molar refractivity (Wildman–Crippen MR) is 77.7 cm³/mol. The minimum atomic E-state index is -2.10. The molecule has 0 amide bonds. The zero-order valence-electron chi connectivity index (χ0n) is 13.3. The number of ether oxygens (including phenoxy) is 1. The summed E-state index contributed by atoms with van der Waals surface area (Å²) in [6.45, 7) is 7.10. The summed E-state index contributed by atoms with van der Waals surface area (Å²) >= 11 is 0. The first-order valence-corrected chi connectivity index (χ1v) is 6.86. The Labute approximate surface area is 128 Å². The molecule has 120 valence electrons. The number of allylic oxidation sites excluding steroid dienone is 3. The molecule has 0 N–H and O–H groups in total. The van der Waals surface area contributed by atoms with Crippen molar-refractivity contribution in [3.05, 3.63) is 32.4 Å². The van der Waals surface area contributed by atoms with E-state index in [1.165, 1.54) is 27.7 Å². The van der Waals surface area contributed by atoms with Crippen molar-refractivity contribution in [3.8, 4) is 0 Å². The molecule has 1 unspecified atom stereocenters. The van der Waals surface area contributed by atoms with Gasteiger partial charge in [0.1, 0.15) is 0 Å². The van der Waals surface area contributed by atoms with Crippen molar-refractivity contribution in [2.75, 3.05) is 6.61 Å². The third-order valence-electron chi connectivity index (χ3n) is 3.95. The van der Waals surface area contributed by atoms with E-state index < -0.39 is 28.6 Å². The Morgan fingerprint density at radius 2 is 1.64 bits per heavy atom. The summed E-state index contributed by atoms with van der Waals surface area (Å²) in [5.41, 5.74) is -1.38. The number of nitrogens with zero attached hydrogens (tertiary/aromatic N) is 1. The normalized spacial score (nSPS) is 18.4. The van der Waals surface area contributed by atoms with E-state index in [0.29, 0.717) is 5.57 Å². The fourth-order valence-corrected chi connectivity index (χ4v) is 2.21. The minimum Gasteiger partial charge on any atom is -0.461 e. The van der Waals surface area contributed by atoms with E-state index in [0.717, 1.165) is 6.92 Å². The van der Waals surface area contributed by atoms with Crippen LogP contribution in [-0.2, 0) is 19.1 Å². The lowest BCUT2D eigenvalue weighted by Gasteiger charge is -2.24. The summed E-state index contributed by atoms with van der Waals surface area (Å²) in [6, 6.07) is 0. The first-order valence-electron chi connectivity index (χ1n) is 6.86. The second kappa shape index (κ2) is 6.21. The van der Waals surface area contributed by atoms with Gasteiger partial charge in [0.25, 0.3) is 0 Å². The third kappa shape index (κ3) is 2.84. The number of carbonyl (C=O) groups is 3. The van der Waals surface area contributed by atoms with Crippen LogP contribution in [0, 0.1) is 10.1 Å². The quantitative estimate of drug-likeness (QED) is 0.332. The van der Waals surface area contributed by atoms with Crippen molar-refractivity contribution in [1.29, 1.82) is 0 Å². The Morgan fingerprint density at radius 3 is 2.09 bits per heavy atom. The van der Waals surface area contributed by atoms with Crippen molar-refractivity contribution in [1.82, 2.24) is 0 Å². The molecule has 1 atom stereocenters. The van der Waals surface area contributed by atoms with Gasteiger partial charge in [-0.1, -0.05) is 0 Å². The van der Waals surface area contributed by atoms with Crippen LogP contribution in [-0.4, -0.2) is 34.6 Å². The van der Waals surface area contributed by atoms with Gasteiger partial charge in [-0.25, -0.2) is 4.79 Å². The molecule has 0 saturated heterocycles. The topological polar surface area (TPSA) is 104 Å². The Kier molecular flexibility index (Phi) is 5.01. The number of carbonyl (C=O) groups excluding carboxylic acids is 3. The Bertz CT molecular complexity index is 628. The lowest BCUT2D eigenvalue weighted by atomic mass is 9.80. The van der Waals surface area contributed by atoms with Crippen molar-refractivity contribution in [2.45, 2.75) is 46.6 Å². The maximum Gasteiger partial charge on any atom is 0.384 e.